The highest BCUT2D eigenvalue weighted by Crippen LogP contribution is 2.43. The number of methoxy groups -OCH3 is 1. The number of fused-ring (bicyclic) bond motifs is 1. The number of carbonyl (C=O) groups excluding carboxylic acids is 3. The van der Waals surface area contributed by atoms with Crippen molar-refractivity contribution < 1.29 is 19.1 Å². The summed E-state index contributed by atoms with van der Waals surface area (Å²) >= 11 is 6.76. The lowest BCUT2D eigenvalue weighted by atomic mass is 9.87. The Balaban J connectivity index is 1.60. The summed E-state index contributed by atoms with van der Waals surface area (Å²) in [5, 5.41) is 2.63. The molecule has 188 valence electrons. The second-order valence-corrected chi connectivity index (χ2v) is 10.6. The SMILES string of the molecule is CCN1c2cc(OC)c(/C=C3/SC(=O)N(CC(=O)Nc4cccc(Cl)c4)C3=O)cc2C(C)=CC1(C)C. The highest BCUT2D eigenvalue weighted by molar-refractivity contribution is 8.18. The van der Waals surface area contributed by atoms with Crippen LogP contribution in [0.2, 0.25) is 5.02 Å². The van der Waals surface area contributed by atoms with Crippen LogP contribution in [0.4, 0.5) is 16.2 Å². The molecule has 0 saturated carbocycles. The first kappa shape index (κ1) is 25.9. The fraction of sp³-hybridized carbons (Fsp3) is 0.296. The molecule has 1 fully saturated rings. The number of amides is 3. The molecule has 0 aromatic heterocycles. The smallest absolute Gasteiger partial charge is 0.294 e. The average Bonchev–Trinajstić information content (AvgIpc) is 3.06. The number of imide groups is 1. The van der Waals surface area contributed by atoms with Gasteiger partial charge in [-0.15, -0.1) is 0 Å². The minimum absolute atomic E-state index is 0.146. The van der Waals surface area contributed by atoms with Crippen LogP contribution in [-0.2, 0) is 9.59 Å². The van der Waals surface area contributed by atoms with Gasteiger partial charge in [0.2, 0.25) is 5.91 Å². The second kappa shape index (κ2) is 10.0. The molecular formula is C27H28ClN3O4S. The number of halogens is 1. The lowest BCUT2D eigenvalue weighted by molar-refractivity contribution is -0.127. The molecule has 1 saturated heterocycles. The summed E-state index contributed by atoms with van der Waals surface area (Å²) in [6.07, 6.45) is 3.88. The molecule has 2 aliphatic rings. The van der Waals surface area contributed by atoms with Crippen molar-refractivity contribution >= 4 is 63.4 Å². The molecule has 0 aliphatic carbocycles. The highest BCUT2D eigenvalue weighted by atomic mass is 35.5. The Kier molecular flexibility index (Phi) is 7.20. The highest BCUT2D eigenvalue weighted by Gasteiger charge is 2.37. The van der Waals surface area contributed by atoms with Crippen molar-refractivity contribution in [2.45, 2.75) is 33.2 Å². The van der Waals surface area contributed by atoms with Crippen LogP contribution in [0.15, 0.2) is 47.4 Å². The average molecular weight is 526 g/mol. The van der Waals surface area contributed by atoms with Gasteiger partial charge in [0.15, 0.2) is 0 Å². The summed E-state index contributed by atoms with van der Waals surface area (Å²) in [7, 11) is 1.58. The van der Waals surface area contributed by atoms with Crippen LogP contribution >= 0.6 is 23.4 Å². The predicted octanol–water partition coefficient (Wildman–Crippen LogP) is 6.05. The minimum atomic E-state index is -0.519. The Bertz CT molecular complexity index is 1320. The Hall–Kier alpha value is -3.23. The number of allylic oxidation sites excluding steroid dienone is 1. The molecule has 0 radical (unpaired) electrons. The molecule has 2 aromatic carbocycles. The number of rotatable bonds is 6. The zero-order chi connectivity index (χ0) is 26.2. The minimum Gasteiger partial charge on any atom is -0.496 e. The number of hydrogen-bond acceptors (Lipinski definition) is 6. The van der Waals surface area contributed by atoms with Gasteiger partial charge in [0.25, 0.3) is 11.1 Å². The molecule has 3 amide bonds. The normalized spacial score (nSPS) is 17.8. The van der Waals surface area contributed by atoms with E-state index in [1.165, 1.54) is 0 Å². The van der Waals surface area contributed by atoms with Gasteiger partial charge in [-0.25, -0.2) is 0 Å². The van der Waals surface area contributed by atoms with Crippen molar-refractivity contribution in [1.29, 1.82) is 0 Å². The summed E-state index contributed by atoms with van der Waals surface area (Å²) in [5.41, 5.74) is 4.26. The number of carbonyl (C=O) groups is 3. The molecular weight excluding hydrogens is 498 g/mol. The molecule has 0 bridgehead atoms. The number of nitrogens with zero attached hydrogens (tertiary/aromatic N) is 2. The number of ether oxygens (including phenoxy) is 1. The van der Waals surface area contributed by atoms with Gasteiger partial charge in [-0.05, 0) is 75.4 Å². The maximum absolute atomic E-state index is 13.1. The van der Waals surface area contributed by atoms with Crippen molar-refractivity contribution in [2.75, 3.05) is 30.4 Å². The molecule has 0 atom stereocenters. The lowest BCUT2D eigenvalue weighted by Gasteiger charge is -2.43. The number of likely N-dealkylation sites (N-methyl/N-ethyl adjacent to an activating group) is 1. The second-order valence-electron chi connectivity index (χ2n) is 9.16. The number of anilines is 2. The van der Waals surface area contributed by atoms with E-state index in [2.05, 4.69) is 44.0 Å². The Morgan fingerprint density at radius 2 is 1.97 bits per heavy atom. The van der Waals surface area contributed by atoms with Gasteiger partial charge in [-0.2, -0.15) is 0 Å². The standard InChI is InChI=1S/C27H28ClN3O4S/c1-6-31-21-13-22(35-5)17(10-20(21)16(2)14-27(31,3)4)11-23-25(33)30(26(34)36-23)15-24(32)29-19-9-7-8-18(28)12-19/h7-14H,6,15H2,1-5H3,(H,29,32)/b23-11+. The summed E-state index contributed by atoms with van der Waals surface area (Å²) in [6, 6.07) is 10.6. The van der Waals surface area contributed by atoms with Crippen LogP contribution < -0.4 is 15.0 Å². The Morgan fingerprint density at radius 3 is 2.64 bits per heavy atom. The van der Waals surface area contributed by atoms with Crippen LogP contribution in [0.25, 0.3) is 11.6 Å². The van der Waals surface area contributed by atoms with E-state index in [-0.39, 0.29) is 10.4 Å². The molecule has 0 unspecified atom stereocenters. The third kappa shape index (κ3) is 5.01. The molecule has 0 spiro atoms. The third-order valence-corrected chi connectivity index (χ3v) is 7.36. The van der Waals surface area contributed by atoms with E-state index in [4.69, 9.17) is 16.3 Å². The maximum Gasteiger partial charge on any atom is 0.294 e. The lowest BCUT2D eigenvalue weighted by Crippen LogP contribution is -2.44. The summed E-state index contributed by atoms with van der Waals surface area (Å²) in [4.78, 5) is 41.6. The zero-order valence-electron chi connectivity index (χ0n) is 20.8. The molecule has 7 nitrogen and oxygen atoms in total. The van der Waals surface area contributed by atoms with E-state index >= 15 is 0 Å². The quantitative estimate of drug-likeness (QED) is 0.463. The van der Waals surface area contributed by atoms with Gasteiger partial charge in [0.1, 0.15) is 12.3 Å². The molecule has 2 heterocycles. The van der Waals surface area contributed by atoms with Crippen LogP contribution in [0.3, 0.4) is 0 Å². The monoisotopic (exact) mass is 525 g/mol. The van der Waals surface area contributed by atoms with Crippen LogP contribution in [0.1, 0.15) is 38.8 Å². The van der Waals surface area contributed by atoms with Crippen molar-refractivity contribution in [3.63, 3.8) is 0 Å². The fourth-order valence-electron chi connectivity index (χ4n) is 4.68. The van der Waals surface area contributed by atoms with Crippen LogP contribution in [-0.4, -0.2) is 47.7 Å². The first-order valence-corrected chi connectivity index (χ1v) is 12.7. The van der Waals surface area contributed by atoms with Gasteiger partial charge in [-0.1, -0.05) is 23.7 Å². The summed E-state index contributed by atoms with van der Waals surface area (Å²) < 4.78 is 5.66. The molecule has 36 heavy (non-hydrogen) atoms. The van der Waals surface area contributed by atoms with E-state index < -0.39 is 23.6 Å². The zero-order valence-corrected chi connectivity index (χ0v) is 22.4. The van der Waals surface area contributed by atoms with Crippen molar-refractivity contribution in [3.8, 4) is 5.75 Å². The molecule has 4 rings (SSSR count). The first-order chi connectivity index (χ1) is 17.0. The Labute approximate surface area is 220 Å². The molecule has 2 aliphatic heterocycles. The number of thioether (sulfide) groups is 1. The van der Waals surface area contributed by atoms with Crippen molar-refractivity contribution in [2.24, 2.45) is 0 Å². The number of nitrogens with one attached hydrogen (secondary N) is 1. The summed E-state index contributed by atoms with van der Waals surface area (Å²) in [5.74, 6) is -0.409. The van der Waals surface area contributed by atoms with Gasteiger partial charge < -0.3 is 15.0 Å². The van der Waals surface area contributed by atoms with E-state index in [9.17, 15) is 14.4 Å². The molecule has 2 aromatic rings. The van der Waals surface area contributed by atoms with Crippen LogP contribution in [0, 0.1) is 0 Å². The van der Waals surface area contributed by atoms with E-state index in [1.54, 1.807) is 37.5 Å². The van der Waals surface area contributed by atoms with Crippen molar-refractivity contribution in [1.82, 2.24) is 4.90 Å². The topological polar surface area (TPSA) is 79.0 Å². The largest absolute Gasteiger partial charge is 0.496 e. The predicted molar refractivity (Wildman–Crippen MR) is 147 cm³/mol. The maximum atomic E-state index is 13.1. The first-order valence-electron chi connectivity index (χ1n) is 11.5. The van der Waals surface area contributed by atoms with Gasteiger partial charge in [0, 0.05) is 40.1 Å². The third-order valence-electron chi connectivity index (χ3n) is 6.22. The van der Waals surface area contributed by atoms with E-state index in [0.717, 1.165) is 40.0 Å². The molecule has 9 heteroatoms. The molecule has 1 N–H and O–H groups in total. The summed E-state index contributed by atoms with van der Waals surface area (Å²) in [6.45, 7) is 8.94. The van der Waals surface area contributed by atoms with Gasteiger partial charge >= 0.3 is 0 Å². The van der Waals surface area contributed by atoms with Crippen molar-refractivity contribution in [3.05, 3.63) is 63.5 Å². The number of hydrogen-bond donors (Lipinski definition) is 1. The van der Waals surface area contributed by atoms with E-state index in [1.807, 2.05) is 12.1 Å². The number of benzene rings is 2. The van der Waals surface area contributed by atoms with Gasteiger partial charge in [-0.3, -0.25) is 19.3 Å². The fourth-order valence-corrected chi connectivity index (χ4v) is 5.70. The Morgan fingerprint density at radius 1 is 1.22 bits per heavy atom. The van der Waals surface area contributed by atoms with Crippen LogP contribution in [0.5, 0.6) is 5.75 Å². The van der Waals surface area contributed by atoms with Gasteiger partial charge in [0.05, 0.1) is 17.6 Å². The van der Waals surface area contributed by atoms with E-state index in [0.29, 0.717) is 22.0 Å².